The molecule has 1 unspecified atom stereocenters. The molecule has 1 aliphatic rings. The predicted molar refractivity (Wildman–Crippen MR) is 53.5 cm³/mol. The molecule has 1 saturated heterocycles. The summed E-state index contributed by atoms with van der Waals surface area (Å²) in [6.07, 6.45) is 2.67. The van der Waals surface area contributed by atoms with E-state index in [-0.39, 0.29) is 0 Å². The molecule has 0 aliphatic carbocycles. The maximum Gasteiger partial charge on any atom is 0.332 e. The van der Waals surface area contributed by atoms with Gasteiger partial charge in [-0.3, -0.25) is 0 Å². The Morgan fingerprint density at radius 1 is 1.38 bits per heavy atom. The number of carbonyl (C=O) groups is 1. The predicted octanol–water partition coefficient (Wildman–Crippen LogP) is 1.89. The van der Waals surface area contributed by atoms with E-state index in [9.17, 15) is 9.90 Å². The van der Waals surface area contributed by atoms with Crippen LogP contribution in [0.15, 0.2) is 0 Å². The molecule has 1 N–H and O–H groups in total. The van der Waals surface area contributed by atoms with Crippen LogP contribution in [0.5, 0.6) is 0 Å². The molecule has 0 spiro atoms. The third-order valence-electron chi connectivity index (χ3n) is 2.83. The highest BCUT2D eigenvalue weighted by Gasteiger charge is 2.51. The molecule has 0 aromatic rings. The average Bonchev–Trinajstić information content (AvgIpc) is 2.03. The van der Waals surface area contributed by atoms with Crippen molar-refractivity contribution in [3.05, 3.63) is 0 Å². The molecule has 76 valence electrons. The summed E-state index contributed by atoms with van der Waals surface area (Å²) in [6.45, 7) is 6.79. The van der Waals surface area contributed by atoms with Crippen molar-refractivity contribution in [2.24, 2.45) is 0 Å². The van der Waals surface area contributed by atoms with Gasteiger partial charge in [0.25, 0.3) is 0 Å². The van der Waals surface area contributed by atoms with E-state index in [2.05, 4.69) is 19.6 Å². The summed E-state index contributed by atoms with van der Waals surface area (Å²) in [5, 5.41) is 8.41. The molecule has 3 nitrogen and oxygen atoms in total. The zero-order chi connectivity index (χ0) is 10.1. The number of carboxylic acid groups (broad SMARTS) is 1. The molecule has 1 aliphatic heterocycles. The lowest BCUT2D eigenvalue weighted by Crippen LogP contribution is -2.61. The van der Waals surface area contributed by atoms with Gasteiger partial charge in [-0.2, -0.15) is 0 Å². The first-order valence-electron chi connectivity index (χ1n) is 4.77. The third-order valence-corrected chi connectivity index (χ3v) is 5.86. The molecule has 1 fully saturated rings. The van der Waals surface area contributed by atoms with Gasteiger partial charge in [0.05, 0.1) is 8.07 Å². The number of aliphatic carboxylic acids is 1. The lowest BCUT2D eigenvalue weighted by molar-refractivity contribution is -0.160. The molecule has 0 radical (unpaired) electrons. The standard InChI is InChI=1S/C9H18O3Si/c1-13(2,3)9(8(10)11)6-4-5-7-12-9/h4-7H2,1-3H3,(H,10,11). The first-order chi connectivity index (χ1) is 5.90. The summed E-state index contributed by atoms with van der Waals surface area (Å²) >= 11 is 0. The van der Waals surface area contributed by atoms with Crippen molar-refractivity contribution in [2.45, 2.75) is 44.1 Å². The summed E-state index contributed by atoms with van der Waals surface area (Å²) in [4.78, 5) is 11.2. The summed E-state index contributed by atoms with van der Waals surface area (Å²) < 4.78 is 5.55. The molecule has 13 heavy (non-hydrogen) atoms. The molecule has 1 atom stereocenters. The number of hydrogen-bond acceptors (Lipinski definition) is 2. The molecule has 0 aromatic carbocycles. The Hall–Kier alpha value is -0.353. The molecule has 1 heterocycles. The van der Waals surface area contributed by atoms with Gasteiger partial charge >= 0.3 is 5.97 Å². The fourth-order valence-corrected chi connectivity index (χ4v) is 3.98. The summed E-state index contributed by atoms with van der Waals surface area (Å²) in [7, 11) is -1.79. The fourth-order valence-electron chi connectivity index (χ4n) is 1.88. The number of ether oxygens (including phenoxy) is 1. The van der Waals surface area contributed by atoms with Gasteiger partial charge in [-0.25, -0.2) is 4.79 Å². The Bertz CT molecular complexity index is 201. The van der Waals surface area contributed by atoms with E-state index in [0.717, 1.165) is 12.8 Å². The van der Waals surface area contributed by atoms with Crippen LogP contribution >= 0.6 is 0 Å². The Balaban J connectivity index is 2.93. The molecule has 4 heteroatoms. The van der Waals surface area contributed by atoms with Crippen molar-refractivity contribution in [1.29, 1.82) is 0 Å². The molecule has 0 bridgehead atoms. The van der Waals surface area contributed by atoms with Crippen LogP contribution in [0.3, 0.4) is 0 Å². The normalized spacial score (nSPS) is 30.1. The van der Waals surface area contributed by atoms with Gasteiger partial charge in [0, 0.05) is 6.61 Å². The van der Waals surface area contributed by atoms with Gasteiger partial charge < -0.3 is 9.84 Å². The molecular formula is C9H18O3Si. The fraction of sp³-hybridized carbons (Fsp3) is 0.889. The second kappa shape index (κ2) is 3.42. The maximum absolute atomic E-state index is 11.2. The van der Waals surface area contributed by atoms with E-state index in [1.165, 1.54) is 0 Å². The largest absolute Gasteiger partial charge is 0.479 e. The van der Waals surface area contributed by atoms with Crippen LogP contribution in [-0.4, -0.2) is 31.0 Å². The van der Waals surface area contributed by atoms with Crippen molar-refractivity contribution in [1.82, 2.24) is 0 Å². The lowest BCUT2D eigenvalue weighted by Gasteiger charge is -2.42. The van der Waals surface area contributed by atoms with Crippen LogP contribution in [0.4, 0.5) is 0 Å². The van der Waals surface area contributed by atoms with E-state index in [4.69, 9.17) is 4.74 Å². The minimum Gasteiger partial charge on any atom is -0.479 e. The molecular weight excluding hydrogens is 184 g/mol. The summed E-state index contributed by atoms with van der Waals surface area (Å²) in [5.74, 6) is -0.758. The van der Waals surface area contributed by atoms with Crippen LogP contribution < -0.4 is 0 Å². The van der Waals surface area contributed by atoms with E-state index in [1.807, 2.05) is 0 Å². The van der Waals surface area contributed by atoms with Gasteiger partial charge in [0.2, 0.25) is 0 Å². The quantitative estimate of drug-likeness (QED) is 0.696. The Labute approximate surface area is 80.1 Å². The second-order valence-electron chi connectivity index (χ2n) is 4.69. The van der Waals surface area contributed by atoms with Crippen molar-refractivity contribution in [3.63, 3.8) is 0 Å². The molecule has 1 rings (SSSR count). The molecule has 0 amide bonds. The summed E-state index contributed by atoms with van der Waals surface area (Å²) in [6, 6.07) is 0. The number of rotatable bonds is 2. The van der Waals surface area contributed by atoms with E-state index >= 15 is 0 Å². The highest BCUT2D eigenvalue weighted by molar-refractivity contribution is 6.82. The van der Waals surface area contributed by atoms with Crippen LogP contribution in [0, 0.1) is 0 Å². The first-order valence-corrected chi connectivity index (χ1v) is 8.27. The zero-order valence-corrected chi connectivity index (χ0v) is 9.59. The van der Waals surface area contributed by atoms with Crippen molar-refractivity contribution < 1.29 is 14.6 Å². The van der Waals surface area contributed by atoms with E-state index in [1.54, 1.807) is 0 Å². The van der Waals surface area contributed by atoms with Gasteiger partial charge in [-0.05, 0) is 19.3 Å². The van der Waals surface area contributed by atoms with Crippen LogP contribution in [0.1, 0.15) is 19.3 Å². The monoisotopic (exact) mass is 202 g/mol. The van der Waals surface area contributed by atoms with Crippen molar-refractivity contribution in [3.8, 4) is 0 Å². The maximum atomic E-state index is 11.2. The number of carboxylic acids is 1. The minimum atomic E-state index is -1.79. The van der Waals surface area contributed by atoms with Crippen molar-refractivity contribution >= 4 is 14.0 Å². The average molecular weight is 202 g/mol. The highest BCUT2D eigenvalue weighted by atomic mass is 28.3. The SMILES string of the molecule is C[Si](C)(C)C1(C(=O)O)CCCCO1. The Morgan fingerprint density at radius 3 is 2.23 bits per heavy atom. The van der Waals surface area contributed by atoms with E-state index < -0.39 is 19.3 Å². The zero-order valence-electron chi connectivity index (χ0n) is 8.59. The summed E-state index contributed by atoms with van der Waals surface area (Å²) in [5.41, 5.74) is 0. The first kappa shape index (κ1) is 10.7. The van der Waals surface area contributed by atoms with Gasteiger partial charge in [-0.15, -0.1) is 0 Å². The van der Waals surface area contributed by atoms with Crippen LogP contribution in [0.25, 0.3) is 0 Å². The van der Waals surface area contributed by atoms with Gasteiger partial charge in [0.15, 0.2) is 5.22 Å². The second-order valence-corrected chi connectivity index (χ2v) is 10.00. The van der Waals surface area contributed by atoms with Crippen molar-refractivity contribution in [2.75, 3.05) is 6.61 Å². The van der Waals surface area contributed by atoms with E-state index in [0.29, 0.717) is 13.0 Å². The Kier molecular flexibility index (Phi) is 2.82. The van der Waals surface area contributed by atoms with Gasteiger partial charge in [0.1, 0.15) is 0 Å². The molecule has 0 aromatic heterocycles. The third kappa shape index (κ3) is 1.78. The molecule has 0 saturated carbocycles. The Morgan fingerprint density at radius 2 is 2.00 bits per heavy atom. The smallest absolute Gasteiger partial charge is 0.332 e. The minimum absolute atomic E-state index is 0.608. The van der Waals surface area contributed by atoms with Gasteiger partial charge in [-0.1, -0.05) is 19.6 Å². The number of hydrogen-bond donors (Lipinski definition) is 1. The topological polar surface area (TPSA) is 46.5 Å². The highest BCUT2D eigenvalue weighted by Crippen LogP contribution is 2.34. The van der Waals surface area contributed by atoms with Crippen LogP contribution in [0.2, 0.25) is 19.6 Å². The van der Waals surface area contributed by atoms with Crippen LogP contribution in [-0.2, 0) is 9.53 Å². The lowest BCUT2D eigenvalue weighted by atomic mass is 10.1.